The molecule has 3 aromatic rings. The first-order valence-corrected chi connectivity index (χ1v) is 10.1. The molecule has 0 radical (unpaired) electrons. The second-order valence-corrected chi connectivity index (χ2v) is 7.98. The average Bonchev–Trinajstić information content (AvgIpc) is 3.34. The summed E-state index contributed by atoms with van der Waals surface area (Å²) in [5.41, 5.74) is 1.72. The summed E-state index contributed by atoms with van der Waals surface area (Å²) in [5, 5.41) is 14.1. The van der Waals surface area contributed by atoms with Crippen LogP contribution in [-0.2, 0) is 11.2 Å². The molecular weight excluding hydrogens is 378 g/mol. The van der Waals surface area contributed by atoms with E-state index in [4.69, 9.17) is 5.26 Å². The lowest BCUT2D eigenvalue weighted by Crippen LogP contribution is -2.11. The summed E-state index contributed by atoms with van der Waals surface area (Å²) in [6, 6.07) is 13.2. The lowest BCUT2D eigenvalue weighted by atomic mass is 10.1. The predicted molar refractivity (Wildman–Crippen MR) is 107 cm³/mol. The van der Waals surface area contributed by atoms with E-state index in [0.29, 0.717) is 36.4 Å². The summed E-state index contributed by atoms with van der Waals surface area (Å²) >= 11 is 2.85. The largest absolute Gasteiger partial charge is 0.302 e. The van der Waals surface area contributed by atoms with Crippen molar-refractivity contribution in [1.29, 1.82) is 5.26 Å². The van der Waals surface area contributed by atoms with Crippen LogP contribution in [-0.4, -0.2) is 16.7 Å². The number of carbonyl (C=O) groups excluding carboxylic acids is 2. The standard InChI is InChI=1S/C20H17N3O2S2/c21-12-15-8-6-14(7-9-15)11-16-13-22-20(27-16)23-19(25)5-1-3-17(24)18-4-2-10-26-18/h2,4,6-10,13H,1,3,5,11H2,(H,22,23,25). The molecular formula is C20H17N3O2S2. The number of benzene rings is 1. The number of aromatic nitrogens is 1. The van der Waals surface area contributed by atoms with Gasteiger partial charge in [-0.05, 0) is 35.6 Å². The number of rotatable bonds is 8. The Bertz CT molecular complexity index is 954. The quantitative estimate of drug-likeness (QED) is 0.562. The predicted octanol–water partition coefficient (Wildman–Crippen LogP) is 4.66. The van der Waals surface area contributed by atoms with Crippen LogP contribution in [0.5, 0.6) is 0 Å². The normalized spacial score (nSPS) is 10.3. The summed E-state index contributed by atoms with van der Waals surface area (Å²) < 4.78 is 0. The Kier molecular flexibility index (Phi) is 6.47. The Morgan fingerprint density at radius 2 is 1.96 bits per heavy atom. The van der Waals surface area contributed by atoms with Gasteiger partial charge in [-0.1, -0.05) is 18.2 Å². The van der Waals surface area contributed by atoms with Crippen LogP contribution in [0, 0.1) is 11.3 Å². The average molecular weight is 396 g/mol. The van der Waals surface area contributed by atoms with E-state index in [0.717, 1.165) is 15.3 Å². The molecule has 0 spiro atoms. The molecule has 1 amide bonds. The first-order chi connectivity index (χ1) is 13.1. The Morgan fingerprint density at radius 3 is 2.67 bits per heavy atom. The smallest absolute Gasteiger partial charge is 0.226 e. The second kappa shape index (κ2) is 9.21. The van der Waals surface area contributed by atoms with Crippen LogP contribution >= 0.6 is 22.7 Å². The fraction of sp³-hybridized carbons (Fsp3) is 0.200. The molecule has 3 rings (SSSR count). The molecule has 0 bridgehead atoms. The number of amides is 1. The summed E-state index contributed by atoms with van der Waals surface area (Å²) in [6.45, 7) is 0. The molecule has 5 nitrogen and oxygen atoms in total. The minimum atomic E-state index is -0.131. The van der Waals surface area contributed by atoms with Gasteiger partial charge in [0, 0.05) is 30.3 Å². The lowest BCUT2D eigenvalue weighted by molar-refractivity contribution is -0.116. The highest BCUT2D eigenvalue weighted by atomic mass is 32.1. The number of anilines is 1. The van der Waals surface area contributed by atoms with Gasteiger partial charge in [-0.25, -0.2) is 4.98 Å². The van der Waals surface area contributed by atoms with E-state index in [9.17, 15) is 9.59 Å². The van der Waals surface area contributed by atoms with Crippen LogP contribution in [0.4, 0.5) is 5.13 Å². The summed E-state index contributed by atoms with van der Waals surface area (Å²) in [7, 11) is 0. The van der Waals surface area contributed by atoms with Crippen molar-refractivity contribution >= 4 is 39.5 Å². The van der Waals surface area contributed by atoms with Crippen molar-refractivity contribution in [2.75, 3.05) is 5.32 Å². The second-order valence-electron chi connectivity index (χ2n) is 5.92. The monoisotopic (exact) mass is 395 g/mol. The van der Waals surface area contributed by atoms with E-state index in [1.54, 1.807) is 24.4 Å². The summed E-state index contributed by atoms with van der Waals surface area (Å²) in [4.78, 5) is 30.0. The zero-order valence-electron chi connectivity index (χ0n) is 14.5. The first-order valence-electron chi connectivity index (χ1n) is 8.44. The molecule has 0 saturated carbocycles. The first kappa shape index (κ1) is 19.0. The van der Waals surface area contributed by atoms with Gasteiger partial charge in [-0.15, -0.1) is 22.7 Å². The molecule has 0 unspecified atom stereocenters. The van der Waals surface area contributed by atoms with Crippen LogP contribution in [0.25, 0.3) is 0 Å². The molecule has 0 fully saturated rings. The van der Waals surface area contributed by atoms with Crippen LogP contribution < -0.4 is 5.32 Å². The number of hydrogen-bond donors (Lipinski definition) is 1. The number of nitrogens with one attached hydrogen (secondary N) is 1. The lowest BCUT2D eigenvalue weighted by Gasteiger charge is -2.01. The molecule has 7 heteroatoms. The van der Waals surface area contributed by atoms with E-state index in [1.165, 1.54) is 22.7 Å². The highest BCUT2D eigenvalue weighted by molar-refractivity contribution is 7.15. The fourth-order valence-corrected chi connectivity index (χ4v) is 4.05. The van der Waals surface area contributed by atoms with Gasteiger partial charge in [0.05, 0.1) is 16.5 Å². The topological polar surface area (TPSA) is 82.8 Å². The number of thiazole rings is 1. The van der Waals surface area contributed by atoms with E-state index < -0.39 is 0 Å². The SMILES string of the molecule is N#Cc1ccc(Cc2cnc(NC(=O)CCCC(=O)c3cccs3)s2)cc1. The highest BCUT2D eigenvalue weighted by Crippen LogP contribution is 2.22. The van der Waals surface area contributed by atoms with E-state index >= 15 is 0 Å². The molecule has 136 valence electrons. The van der Waals surface area contributed by atoms with Crippen molar-refractivity contribution in [3.05, 3.63) is 68.9 Å². The molecule has 0 saturated heterocycles. The van der Waals surface area contributed by atoms with Crippen LogP contribution in [0.3, 0.4) is 0 Å². The van der Waals surface area contributed by atoms with Crippen molar-refractivity contribution in [1.82, 2.24) is 4.98 Å². The molecule has 2 aromatic heterocycles. The van der Waals surface area contributed by atoms with E-state index in [1.807, 2.05) is 23.6 Å². The number of hydrogen-bond acceptors (Lipinski definition) is 6. The Balaban J connectivity index is 1.44. The van der Waals surface area contributed by atoms with Crippen molar-refractivity contribution in [2.45, 2.75) is 25.7 Å². The molecule has 1 N–H and O–H groups in total. The van der Waals surface area contributed by atoms with Crippen molar-refractivity contribution < 1.29 is 9.59 Å². The number of Topliss-reactive ketones (excluding diaryl/α,β-unsaturated/α-hetero) is 1. The number of nitriles is 1. The van der Waals surface area contributed by atoms with Crippen molar-refractivity contribution in [3.8, 4) is 6.07 Å². The third kappa shape index (κ3) is 5.58. The minimum absolute atomic E-state index is 0.0803. The zero-order chi connectivity index (χ0) is 19.1. The van der Waals surface area contributed by atoms with Gasteiger partial charge in [0.25, 0.3) is 0 Å². The minimum Gasteiger partial charge on any atom is -0.302 e. The third-order valence-electron chi connectivity index (χ3n) is 3.86. The van der Waals surface area contributed by atoms with Gasteiger partial charge in [0.2, 0.25) is 5.91 Å². The van der Waals surface area contributed by atoms with Crippen molar-refractivity contribution in [2.24, 2.45) is 0 Å². The number of thiophene rings is 1. The molecule has 0 aliphatic rings. The summed E-state index contributed by atoms with van der Waals surface area (Å²) in [6.07, 6.45) is 3.64. The molecule has 0 aliphatic carbocycles. The third-order valence-corrected chi connectivity index (χ3v) is 5.69. The van der Waals surface area contributed by atoms with Gasteiger partial charge >= 0.3 is 0 Å². The molecule has 0 atom stereocenters. The zero-order valence-corrected chi connectivity index (χ0v) is 16.1. The van der Waals surface area contributed by atoms with E-state index in [-0.39, 0.29) is 11.7 Å². The number of ketones is 1. The van der Waals surface area contributed by atoms with Gasteiger partial charge < -0.3 is 5.32 Å². The van der Waals surface area contributed by atoms with Gasteiger partial charge in [-0.2, -0.15) is 5.26 Å². The maximum Gasteiger partial charge on any atom is 0.226 e. The number of carbonyl (C=O) groups is 2. The van der Waals surface area contributed by atoms with Crippen LogP contribution in [0.15, 0.2) is 48.0 Å². The van der Waals surface area contributed by atoms with Gasteiger partial charge in [0.1, 0.15) is 0 Å². The molecule has 1 aromatic carbocycles. The van der Waals surface area contributed by atoms with Crippen LogP contribution in [0.1, 0.15) is 44.9 Å². The Hall–Kier alpha value is -2.82. The Morgan fingerprint density at radius 1 is 1.15 bits per heavy atom. The molecule has 0 aliphatic heterocycles. The maximum atomic E-state index is 12.0. The van der Waals surface area contributed by atoms with Crippen LogP contribution in [0.2, 0.25) is 0 Å². The fourth-order valence-electron chi connectivity index (χ4n) is 2.50. The molecule has 2 heterocycles. The number of nitrogens with zero attached hydrogens (tertiary/aromatic N) is 2. The van der Waals surface area contributed by atoms with Crippen molar-refractivity contribution in [3.63, 3.8) is 0 Å². The Labute approximate surface area is 165 Å². The van der Waals surface area contributed by atoms with E-state index in [2.05, 4.69) is 16.4 Å². The van der Waals surface area contributed by atoms with Gasteiger partial charge in [0.15, 0.2) is 10.9 Å². The highest BCUT2D eigenvalue weighted by Gasteiger charge is 2.10. The molecule has 27 heavy (non-hydrogen) atoms. The maximum absolute atomic E-state index is 12.0. The van der Waals surface area contributed by atoms with Gasteiger partial charge in [-0.3, -0.25) is 9.59 Å². The summed E-state index contributed by atoms with van der Waals surface area (Å²) in [5.74, 6) is -0.0509.